The van der Waals surface area contributed by atoms with Crippen LogP contribution in [0.25, 0.3) is 0 Å². The third-order valence-electron chi connectivity index (χ3n) is 5.23. The van der Waals surface area contributed by atoms with Crippen LogP contribution in [0.3, 0.4) is 0 Å². The average Bonchev–Trinajstić information content (AvgIpc) is 3.40. The first kappa shape index (κ1) is 22.0. The van der Waals surface area contributed by atoms with Crippen LogP contribution in [0, 0.1) is 6.92 Å². The van der Waals surface area contributed by atoms with E-state index in [0.29, 0.717) is 24.9 Å². The molecule has 32 heavy (non-hydrogen) atoms. The van der Waals surface area contributed by atoms with Gasteiger partial charge in [0.25, 0.3) is 0 Å². The number of hydrogen-bond acceptors (Lipinski definition) is 7. The molecule has 3 aromatic rings. The molecule has 1 N–H and O–H groups in total. The Hall–Kier alpha value is -3.20. The zero-order valence-electron chi connectivity index (χ0n) is 18.3. The highest BCUT2D eigenvalue weighted by atomic mass is 32.2. The molecule has 4 rings (SSSR count). The topological polar surface area (TPSA) is 87.5 Å². The number of nitrogens with zero attached hydrogens (tertiary/aromatic N) is 3. The summed E-state index contributed by atoms with van der Waals surface area (Å²) in [6, 6.07) is 13.3. The van der Waals surface area contributed by atoms with Gasteiger partial charge in [0.1, 0.15) is 30.5 Å². The molecule has 9 heteroatoms. The van der Waals surface area contributed by atoms with Gasteiger partial charge in [-0.1, -0.05) is 30.0 Å². The van der Waals surface area contributed by atoms with Crippen molar-refractivity contribution in [2.75, 3.05) is 19.5 Å². The minimum atomic E-state index is -0.199. The Morgan fingerprint density at radius 1 is 1.28 bits per heavy atom. The molecule has 8 nitrogen and oxygen atoms in total. The van der Waals surface area contributed by atoms with Crippen molar-refractivity contribution in [3.8, 4) is 17.2 Å². The molecule has 2 heterocycles. The molecular weight excluding hydrogens is 428 g/mol. The van der Waals surface area contributed by atoms with E-state index in [0.717, 1.165) is 34.2 Å². The molecule has 0 bridgehead atoms. The lowest BCUT2D eigenvalue weighted by molar-refractivity contribution is -0.119. The van der Waals surface area contributed by atoms with Crippen LogP contribution in [0.2, 0.25) is 0 Å². The number of amides is 1. The Balaban J connectivity index is 1.34. The van der Waals surface area contributed by atoms with Crippen LogP contribution >= 0.6 is 11.8 Å². The SMILES string of the molecule is CCn1c(COc2ccccc2C)nnc1SCC(=O)N[C@@H]1COc2ccc(OC)cc21. The quantitative estimate of drug-likeness (QED) is 0.495. The van der Waals surface area contributed by atoms with Crippen molar-refractivity contribution < 1.29 is 19.0 Å². The molecule has 0 spiro atoms. The summed E-state index contributed by atoms with van der Waals surface area (Å²) in [5.41, 5.74) is 1.99. The summed E-state index contributed by atoms with van der Waals surface area (Å²) in [6.45, 7) is 5.43. The maximum absolute atomic E-state index is 12.6. The van der Waals surface area contributed by atoms with Crippen molar-refractivity contribution in [1.82, 2.24) is 20.1 Å². The van der Waals surface area contributed by atoms with E-state index >= 15 is 0 Å². The third kappa shape index (κ3) is 4.83. The zero-order valence-corrected chi connectivity index (χ0v) is 19.1. The van der Waals surface area contributed by atoms with Gasteiger partial charge in [-0.15, -0.1) is 10.2 Å². The van der Waals surface area contributed by atoms with Gasteiger partial charge in [0.15, 0.2) is 11.0 Å². The van der Waals surface area contributed by atoms with E-state index in [1.807, 2.05) is 60.9 Å². The van der Waals surface area contributed by atoms with Gasteiger partial charge in [0.2, 0.25) is 5.91 Å². The second kappa shape index (κ2) is 9.95. The molecule has 0 aliphatic carbocycles. The maximum Gasteiger partial charge on any atom is 0.231 e. The minimum Gasteiger partial charge on any atom is -0.497 e. The molecule has 1 aromatic heterocycles. The van der Waals surface area contributed by atoms with Gasteiger partial charge < -0.3 is 24.1 Å². The number of benzene rings is 2. The summed E-state index contributed by atoms with van der Waals surface area (Å²) in [4.78, 5) is 12.6. The summed E-state index contributed by atoms with van der Waals surface area (Å²) < 4.78 is 18.8. The molecular formula is C23H26N4O4S. The molecule has 0 radical (unpaired) electrons. The lowest BCUT2D eigenvalue weighted by Gasteiger charge is -2.13. The molecule has 1 atom stereocenters. The van der Waals surface area contributed by atoms with Gasteiger partial charge >= 0.3 is 0 Å². The summed E-state index contributed by atoms with van der Waals surface area (Å²) in [6.07, 6.45) is 0. The number of fused-ring (bicyclic) bond motifs is 1. The van der Waals surface area contributed by atoms with Crippen molar-refractivity contribution in [2.45, 2.75) is 38.2 Å². The number of para-hydroxylation sites is 1. The molecule has 0 fully saturated rings. The van der Waals surface area contributed by atoms with Gasteiger partial charge in [-0.05, 0) is 43.7 Å². The predicted octanol–water partition coefficient (Wildman–Crippen LogP) is 3.54. The first-order chi connectivity index (χ1) is 15.6. The Morgan fingerprint density at radius 3 is 2.91 bits per heavy atom. The molecule has 168 valence electrons. The first-order valence-corrected chi connectivity index (χ1v) is 11.4. The number of thioether (sulfide) groups is 1. The Morgan fingerprint density at radius 2 is 2.12 bits per heavy atom. The molecule has 0 saturated heterocycles. The average molecular weight is 455 g/mol. The second-order valence-corrected chi connectivity index (χ2v) is 8.26. The fourth-order valence-corrected chi connectivity index (χ4v) is 4.35. The molecule has 2 aromatic carbocycles. The molecule has 0 saturated carbocycles. The highest BCUT2D eigenvalue weighted by Crippen LogP contribution is 2.35. The van der Waals surface area contributed by atoms with Crippen LogP contribution in [0.15, 0.2) is 47.6 Å². The van der Waals surface area contributed by atoms with Gasteiger partial charge in [0.05, 0.1) is 18.9 Å². The maximum atomic E-state index is 12.6. The molecule has 0 unspecified atom stereocenters. The zero-order chi connectivity index (χ0) is 22.5. The largest absolute Gasteiger partial charge is 0.497 e. The number of methoxy groups -OCH3 is 1. The van der Waals surface area contributed by atoms with E-state index in [2.05, 4.69) is 15.5 Å². The number of aryl methyl sites for hydroxylation is 1. The van der Waals surface area contributed by atoms with E-state index < -0.39 is 0 Å². The van der Waals surface area contributed by atoms with Crippen molar-refractivity contribution in [3.63, 3.8) is 0 Å². The van der Waals surface area contributed by atoms with Gasteiger partial charge in [-0.3, -0.25) is 4.79 Å². The highest BCUT2D eigenvalue weighted by molar-refractivity contribution is 7.99. The monoisotopic (exact) mass is 454 g/mol. The number of rotatable bonds is 9. The van der Waals surface area contributed by atoms with Crippen LogP contribution in [-0.4, -0.2) is 40.1 Å². The van der Waals surface area contributed by atoms with E-state index in [-0.39, 0.29) is 17.7 Å². The highest BCUT2D eigenvalue weighted by Gasteiger charge is 2.26. The number of ether oxygens (including phenoxy) is 3. The lowest BCUT2D eigenvalue weighted by atomic mass is 10.1. The fourth-order valence-electron chi connectivity index (χ4n) is 3.52. The molecule has 1 amide bonds. The Bertz CT molecular complexity index is 1100. The van der Waals surface area contributed by atoms with Gasteiger partial charge in [0, 0.05) is 12.1 Å². The van der Waals surface area contributed by atoms with E-state index in [4.69, 9.17) is 14.2 Å². The van der Waals surface area contributed by atoms with Crippen molar-refractivity contribution in [2.24, 2.45) is 0 Å². The summed E-state index contributed by atoms with van der Waals surface area (Å²) in [7, 11) is 1.62. The third-order valence-corrected chi connectivity index (χ3v) is 6.19. The smallest absolute Gasteiger partial charge is 0.231 e. The van der Waals surface area contributed by atoms with E-state index in [1.54, 1.807) is 7.11 Å². The summed E-state index contributed by atoms with van der Waals surface area (Å²) >= 11 is 1.35. The van der Waals surface area contributed by atoms with Crippen molar-refractivity contribution in [1.29, 1.82) is 0 Å². The molecule has 1 aliphatic rings. The molecule has 1 aliphatic heterocycles. The van der Waals surface area contributed by atoms with Crippen LogP contribution < -0.4 is 19.5 Å². The number of nitrogens with one attached hydrogen (secondary N) is 1. The van der Waals surface area contributed by atoms with Crippen LogP contribution in [0.1, 0.15) is 29.9 Å². The van der Waals surface area contributed by atoms with Gasteiger partial charge in [-0.25, -0.2) is 0 Å². The normalized spacial score (nSPS) is 14.5. The van der Waals surface area contributed by atoms with Crippen LogP contribution in [0.5, 0.6) is 17.2 Å². The summed E-state index contributed by atoms with van der Waals surface area (Å²) in [5, 5.41) is 12.2. The summed E-state index contributed by atoms with van der Waals surface area (Å²) in [5.74, 6) is 3.19. The number of hydrogen-bond donors (Lipinski definition) is 1. The first-order valence-electron chi connectivity index (χ1n) is 10.4. The Kier molecular flexibility index (Phi) is 6.84. The number of carbonyl (C=O) groups excluding carboxylic acids is 1. The van der Waals surface area contributed by atoms with E-state index in [1.165, 1.54) is 11.8 Å². The van der Waals surface area contributed by atoms with Crippen molar-refractivity contribution in [3.05, 3.63) is 59.4 Å². The standard InChI is InChI=1S/C23H26N4O4S/c1-4-27-21(13-31-19-8-6-5-7-15(19)2)25-26-23(27)32-14-22(28)24-18-12-30-20-10-9-16(29-3)11-17(18)20/h5-11,18H,4,12-14H2,1-3H3,(H,24,28)/t18-/m1/s1. The lowest BCUT2D eigenvalue weighted by Crippen LogP contribution is -2.30. The van der Waals surface area contributed by atoms with Crippen LogP contribution in [-0.2, 0) is 17.9 Å². The fraction of sp³-hybridized carbons (Fsp3) is 0.348. The van der Waals surface area contributed by atoms with Gasteiger partial charge in [-0.2, -0.15) is 0 Å². The number of aromatic nitrogens is 3. The van der Waals surface area contributed by atoms with Crippen molar-refractivity contribution >= 4 is 17.7 Å². The minimum absolute atomic E-state index is 0.0948. The number of carbonyl (C=O) groups is 1. The van der Waals surface area contributed by atoms with Crippen LogP contribution in [0.4, 0.5) is 0 Å². The second-order valence-electron chi connectivity index (χ2n) is 7.32. The predicted molar refractivity (Wildman–Crippen MR) is 121 cm³/mol. The van der Waals surface area contributed by atoms with E-state index in [9.17, 15) is 4.79 Å². The Labute approximate surface area is 191 Å².